The first-order valence-electron chi connectivity index (χ1n) is 7.49. The normalized spacial score (nSPS) is 25.3. The number of nitrogens with two attached hydrogens (primary N) is 1. The molecule has 1 rings (SSSR count). The largest absolute Gasteiger partial charge is 0.352 e. The van der Waals surface area contributed by atoms with Crippen LogP contribution in [0.15, 0.2) is 0 Å². The Morgan fingerprint density at radius 2 is 2.11 bits per heavy atom. The van der Waals surface area contributed by atoms with Gasteiger partial charge in [0.05, 0.1) is 5.92 Å². The zero-order valence-corrected chi connectivity index (χ0v) is 13.7. The first-order chi connectivity index (χ1) is 8.87. The molecule has 0 bridgehead atoms. The van der Waals surface area contributed by atoms with Crippen molar-refractivity contribution in [3.63, 3.8) is 0 Å². The Balaban J connectivity index is 2.52. The molecule has 1 amide bonds. The van der Waals surface area contributed by atoms with E-state index < -0.39 is 0 Å². The number of carbonyl (C=O) groups excluding carboxylic acids is 1. The van der Waals surface area contributed by atoms with Crippen LogP contribution in [0.3, 0.4) is 0 Å². The van der Waals surface area contributed by atoms with Gasteiger partial charge < -0.3 is 11.1 Å². The minimum absolute atomic E-state index is 0.0483. The summed E-state index contributed by atoms with van der Waals surface area (Å²) in [6.45, 7) is 9.11. The smallest absolute Gasteiger partial charge is 0.224 e. The molecule has 0 aromatic heterocycles. The van der Waals surface area contributed by atoms with Gasteiger partial charge >= 0.3 is 0 Å². The molecule has 0 aromatic rings. The fourth-order valence-corrected chi connectivity index (χ4v) is 4.03. The van der Waals surface area contributed by atoms with Gasteiger partial charge in [-0.05, 0) is 30.4 Å². The molecular weight excluding hydrogens is 256 g/mol. The molecule has 3 unspecified atom stereocenters. The maximum atomic E-state index is 12.4. The monoisotopic (exact) mass is 286 g/mol. The quantitative estimate of drug-likeness (QED) is 0.789. The fraction of sp³-hybridized carbons (Fsp3) is 0.933. The summed E-state index contributed by atoms with van der Waals surface area (Å²) in [4.78, 5) is 12.4. The summed E-state index contributed by atoms with van der Waals surface area (Å²) in [7, 11) is 0. The molecule has 1 saturated carbocycles. The van der Waals surface area contributed by atoms with E-state index in [1.807, 2.05) is 11.8 Å². The molecule has 0 spiro atoms. The van der Waals surface area contributed by atoms with E-state index in [0.717, 1.165) is 18.6 Å². The number of thioether (sulfide) groups is 1. The van der Waals surface area contributed by atoms with E-state index in [-0.39, 0.29) is 17.2 Å². The lowest BCUT2D eigenvalue weighted by Crippen LogP contribution is -2.44. The second-order valence-corrected chi connectivity index (χ2v) is 8.25. The third-order valence-electron chi connectivity index (χ3n) is 3.68. The van der Waals surface area contributed by atoms with Gasteiger partial charge in [0.2, 0.25) is 5.91 Å². The molecule has 1 aliphatic carbocycles. The van der Waals surface area contributed by atoms with Crippen LogP contribution in [0.1, 0.15) is 53.4 Å². The van der Waals surface area contributed by atoms with Gasteiger partial charge in [-0.15, -0.1) is 0 Å². The predicted molar refractivity (Wildman–Crippen MR) is 84.3 cm³/mol. The Bertz CT molecular complexity index is 288. The van der Waals surface area contributed by atoms with Crippen LogP contribution in [-0.4, -0.2) is 29.5 Å². The first kappa shape index (κ1) is 16.8. The van der Waals surface area contributed by atoms with Crippen molar-refractivity contribution in [2.24, 2.45) is 17.1 Å². The zero-order chi connectivity index (χ0) is 14.5. The maximum absolute atomic E-state index is 12.4. The number of carbonyl (C=O) groups is 1. The molecule has 19 heavy (non-hydrogen) atoms. The van der Waals surface area contributed by atoms with Crippen LogP contribution in [0.2, 0.25) is 0 Å². The van der Waals surface area contributed by atoms with E-state index in [1.54, 1.807) is 0 Å². The lowest BCUT2D eigenvalue weighted by atomic mass is 9.84. The highest BCUT2D eigenvalue weighted by molar-refractivity contribution is 7.99. The summed E-state index contributed by atoms with van der Waals surface area (Å²) in [6, 6.07) is 0.353. The summed E-state index contributed by atoms with van der Waals surface area (Å²) in [5, 5.41) is 3.85. The van der Waals surface area contributed by atoms with Gasteiger partial charge in [-0.3, -0.25) is 4.79 Å². The van der Waals surface area contributed by atoms with Crippen molar-refractivity contribution in [3.8, 4) is 0 Å². The summed E-state index contributed by atoms with van der Waals surface area (Å²) < 4.78 is 0. The molecule has 3 N–H and O–H groups in total. The van der Waals surface area contributed by atoms with E-state index in [0.29, 0.717) is 17.8 Å². The fourth-order valence-electron chi connectivity index (χ4n) is 2.83. The van der Waals surface area contributed by atoms with Crippen molar-refractivity contribution in [2.45, 2.75) is 64.7 Å². The number of hydrogen-bond acceptors (Lipinski definition) is 3. The van der Waals surface area contributed by atoms with Crippen molar-refractivity contribution >= 4 is 17.7 Å². The van der Waals surface area contributed by atoms with E-state index in [9.17, 15) is 4.79 Å². The second kappa shape index (κ2) is 7.53. The molecule has 4 heteroatoms. The summed E-state index contributed by atoms with van der Waals surface area (Å²) in [5.74, 6) is 1.23. The van der Waals surface area contributed by atoms with Crippen LogP contribution < -0.4 is 11.1 Å². The third-order valence-corrected chi connectivity index (χ3v) is 5.00. The molecule has 1 fully saturated rings. The Kier molecular flexibility index (Phi) is 6.67. The maximum Gasteiger partial charge on any atom is 0.224 e. The lowest BCUT2D eigenvalue weighted by Gasteiger charge is -2.27. The van der Waals surface area contributed by atoms with Crippen LogP contribution >= 0.6 is 11.8 Å². The van der Waals surface area contributed by atoms with E-state index >= 15 is 0 Å². The highest BCUT2D eigenvalue weighted by Gasteiger charge is 2.31. The van der Waals surface area contributed by atoms with E-state index in [4.69, 9.17) is 5.73 Å². The van der Waals surface area contributed by atoms with Crippen LogP contribution in [0, 0.1) is 11.3 Å². The van der Waals surface area contributed by atoms with E-state index in [2.05, 4.69) is 33.0 Å². The summed E-state index contributed by atoms with van der Waals surface area (Å²) >= 11 is 1.98. The molecule has 3 nitrogen and oxygen atoms in total. The molecule has 1 aliphatic rings. The first-order valence-corrected chi connectivity index (χ1v) is 8.54. The van der Waals surface area contributed by atoms with Gasteiger partial charge in [0.25, 0.3) is 0 Å². The summed E-state index contributed by atoms with van der Waals surface area (Å²) in [6.07, 6.45) is 4.44. The van der Waals surface area contributed by atoms with Crippen molar-refractivity contribution in [3.05, 3.63) is 0 Å². The van der Waals surface area contributed by atoms with Crippen molar-refractivity contribution < 1.29 is 4.79 Å². The highest BCUT2D eigenvalue weighted by atomic mass is 32.2. The highest BCUT2D eigenvalue weighted by Crippen LogP contribution is 2.30. The summed E-state index contributed by atoms with van der Waals surface area (Å²) in [5.41, 5.74) is 5.93. The Hall–Kier alpha value is -0.220. The molecule has 0 aromatic carbocycles. The van der Waals surface area contributed by atoms with E-state index in [1.165, 1.54) is 12.8 Å². The number of rotatable bonds is 6. The second-order valence-electron chi connectivity index (χ2n) is 6.74. The Labute approximate surface area is 122 Å². The standard InChI is InChI=1S/C15H30N2OS/c1-5-19-13-8-6-7-12(13)17-14(18)11(10-16)9-15(2,3)4/h11-13H,5-10,16H2,1-4H3,(H,17,18). The topological polar surface area (TPSA) is 55.1 Å². The average Bonchev–Trinajstić information content (AvgIpc) is 2.73. The van der Waals surface area contributed by atoms with Gasteiger partial charge in [-0.25, -0.2) is 0 Å². The van der Waals surface area contributed by atoms with Crippen LogP contribution in [0.4, 0.5) is 0 Å². The van der Waals surface area contributed by atoms with Gasteiger partial charge in [-0.1, -0.05) is 34.1 Å². The zero-order valence-electron chi connectivity index (χ0n) is 12.9. The Morgan fingerprint density at radius 3 is 2.63 bits per heavy atom. The molecule has 0 radical (unpaired) electrons. The molecule has 0 saturated heterocycles. The Morgan fingerprint density at radius 1 is 1.42 bits per heavy atom. The van der Waals surface area contributed by atoms with Crippen molar-refractivity contribution in [2.75, 3.05) is 12.3 Å². The van der Waals surface area contributed by atoms with Gasteiger partial charge in [-0.2, -0.15) is 11.8 Å². The lowest BCUT2D eigenvalue weighted by molar-refractivity contribution is -0.126. The molecule has 0 heterocycles. The molecule has 0 aliphatic heterocycles. The SMILES string of the molecule is CCSC1CCCC1NC(=O)C(CN)CC(C)(C)C. The molecule has 112 valence electrons. The minimum atomic E-state index is -0.0483. The number of hydrogen-bond donors (Lipinski definition) is 2. The van der Waals surface area contributed by atoms with Gasteiger partial charge in [0, 0.05) is 17.8 Å². The third kappa shape index (κ3) is 5.74. The molecular formula is C15H30N2OS. The molecule has 3 atom stereocenters. The van der Waals surface area contributed by atoms with Crippen LogP contribution in [0.25, 0.3) is 0 Å². The number of nitrogens with one attached hydrogen (secondary N) is 1. The predicted octanol–water partition coefficient (Wildman–Crippen LogP) is 2.79. The van der Waals surface area contributed by atoms with Gasteiger partial charge in [0.15, 0.2) is 0 Å². The van der Waals surface area contributed by atoms with Crippen LogP contribution in [0.5, 0.6) is 0 Å². The number of amides is 1. The minimum Gasteiger partial charge on any atom is -0.352 e. The van der Waals surface area contributed by atoms with Crippen molar-refractivity contribution in [1.29, 1.82) is 0 Å². The van der Waals surface area contributed by atoms with Gasteiger partial charge in [0.1, 0.15) is 0 Å². The van der Waals surface area contributed by atoms with Crippen LogP contribution in [-0.2, 0) is 4.79 Å². The van der Waals surface area contributed by atoms with Crippen molar-refractivity contribution in [1.82, 2.24) is 5.32 Å². The average molecular weight is 286 g/mol.